The van der Waals surface area contributed by atoms with Crippen LogP contribution in [0.25, 0.3) is 11.1 Å². The Balaban J connectivity index is 1.29. The summed E-state index contributed by atoms with van der Waals surface area (Å²) in [4.78, 5) is 25.5. The molecule has 3 aromatic rings. The van der Waals surface area contributed by atoms with Gasteiger partial charge in [-0.1, -0.05) is 42.5 Å². The number of rotatable bonds is 9. The largest absolute Gasteiger partial charge is 0.461 e. The molecule has 2 aromatic carbocycles. The van der Waals surface area contributed by atoms with E-state index in [1.54, 1.807) is 12.0 Å². The molecule has 1 amide bonds. The van der Waals surface area contributed by atoms with Crippen LogP contribution in [0.4, 0.5) is 11.6 Å². The van der Waals surface area contributed by atoms with E-state index in [1.807, 2.05) is 0 Å². The molecule has 1 fully saturated rings. The maximum atomic E-state index is 12.8. The van der Waals surface area contributed by atoms with E-state index in [9.17, 15) is 4.79 Å². The molecule has 3 heterocycles. The van der Waals surface area contributed by atoms with E-state index in [4.69, 9.17) is 19.9 Å². The minimum Gasteiger partial charge on any atom is -0.461 e. The first-order valence-electron chi connectivity index (χ1n) is 12.2. The minimum atomic E-state index is -0.0556. The molecule has 0 unspecified atom stereocenters. The van der Waals surface area contributed by atoms with Gasteiger partial charge in [-0.3, -0.25) is 14.6 Å². The van der Waals surface area contributed by atoms with Crippen molar-refractivity contribution in [3.8, 4) is 17.1 Å². The Morgan fingerprint density at radius 2 is 1.78 bits per heavy atom. The van der Waals surface area contributed by atoms with Crippen LogP contribution in [0.1, 0.15) is 16.7 Å². The van der Waals surface area contributed by atoms with Gasteiger partial charge in [-0.25, -0.2) is 0 Å². The second kappa shape index (κ2) is 11.0. The first-order valence-corrected chi connectivity index (χ1v) is 12.2. The average Bonchev–Trinajstić information content (AvgIpc) is 3.21. The Kier molecular flexibility index (Phi) is 7.41. The first kappa shape index (κ1) is 24.2. The van der Waals surface area contributed by atoms with Gasteiger partial charge in [0.1, 0.15) is 18.2 Å². The summed E-state index contributed by atoms with van der Waals surface area (Å²) in [5.41, 5.74) is 11.3. The fourth-order valence-electron chi connectivity index (χ4n) is 4.52. The van der Waals surface area contributed by atoms with Crippen LogP contribution >= 0.6 is 0 Å². The number of benzene rings is 2. The van der Waals surface area contributed by atoms with Crippen LogP contribution in [0.15, 0.2) is 48.5 Å². The number of amides is 1. The van der Waals surface area contributed by atoms with Gasteiger partial charge in [0.05, 0.1) is 32.8 Å². The van der Waals surface area contributed by atoms with Gasteiger partial charge in [0.15, 0.2) is 0 Å². The molecule has 188 valence electrons. The Bertz CT molecular complexity index is 1210. The van der Waals surface area contributed by atoms with Crippen molar-refractivity contribution in [2.75, 3.05) is 57.3 Å². The fraction of sp³-hybridized carbons (Fsp3) is 0.370. The molecule has 9 heteroatoms. The summed E-state index contributed by atoms with van der Waals surface area (Å²) < 4.78 is 16.0. The van der Waals surface area contributed by atoms with Crippen molar-refractivity contribution in [1.29, 1.82) is 0 Å². The van der Waals surface area contributed by atoms with Gasteiger partial charge in [-0.15, -0.1) is 0 Å². The Labute approximate surface area is 210 Å². The van der Waals surface area contributed by atoms with Crippen molar-refractivity contribution in [1.82, 2.24) is 14.9 Å². The topological polar surface area (TPSA) is 103 Å². The smallest absolute Gasteiger partial charge is 0.320 e. The van der Waals surface area contributed by atoms with E-state index in [2.05, 4.69) is 63.4 Å². The van der Waals surface area contributed by atoms with Crippen molar-refractivity contribution < 1.29 is 19.0 Å². The van der Waals surface area contributed by atoms with Gasteiger partial charge < -0.3 is 19.9 Å². The van der Waals surface area contributed by atoms with Crippen molar-refractivity contribution in [3.63, 3.8) is 0 Å². The summed E-state index contributed by atoms with van der Waals surface area (Å²) >= 11 is 0. The third-order valence-electron chi connectivity index (χ3n) is 6.46. The molecule has 0 saturated carbocycles. The van der Waals surface area contributed by atoms with Gasteiger partial charge >= 0.3 is 6.01 Å². The Morgan fingerprint density at radius 3 is 2.56 bits per heavy atom. The molecule has 5 rings (SSSR count). The Hall–Kier alpha value is -3.53. The van der Waals surface area contributed by atoms with Crippen molar-refractivity contribution in [2.45, 2.75) is 19.5 Å². The van der Waals surface area contributed by atoms with Gasteiger partial charge in [0, 0.05) is 32.3 Å². The number of morpholine rings is 1. The highest BCUT2D eigenvalue weighted by molar-refractivity contribution is 6.01. The number of carbonyl (C=O) groups excluding carboxylic acids is 1. The monoisotopic (exact) mass is 489 g/mol. The molecule has 0 bridgehead atoms. The van der Waals surface area contributed by atoms with E-state index in [-0.39, 0.29) is 24.2 Å². The normalized spacial score (nSPS) is 15.8. The Morgan fingerprint density at radius 1 is 0.972 bits per heavy atom. The van der Waals surface area contributed by atoms with Gasteiger partial charge in [-0.05, 0) is 28.3 Å². The van der Waals surface area contributed by atoms with Crippen LogP contribution < -0.4 is 15.4 Å². The molecule has 2 aliphatic heterocycles. The van der Waals surface area contributed by atoms with E-state index >= 15 is 0 Å². The van der Waals surface area contributed by atoms with Gasteiger partial charge in [0.25, 0.3) is 0 Å². The van der Waals surface area contributed by atoms with Gasteiger partial charge in [-0.2, -0.15) is 9.97 Å². The molecule has 1 aromatic heterocycles. The maximum absolute atomic E-state index is 12.8. The third kappa shape index (κ3) is 5.48. The first-order chi connectivity index (χ1) is 17.6. The number of ether oxygens (including phenoxy) is 3. The van der Waals surface area contributed by atoms with E-state index in [1.165, 1.54) is 11.1 Å². The zero-order valence-electron chi connectivity index (χ0n) is 20.5. The lowest BCUT2D eigenvalue weighted by Crippen LogP contribution is -2.35. The number of hydrogen-bond donors (Lipinski definition) is 1. The second-order valence-corrected chi connectivity index (χ2v) is 8.98. The summed E-state index contributed by atoms with van der Waals surface area (Å²) in [6, 6.07) is 17.1. The van der Waals surface area contributed by atoms with E-state index in [0.717, 1.165) is 44.0 Å². The van der Waals surface area contributed by atoms with Gasteiger partial charge in [0.2, 0.25) is 5.91 Å². The van der Waals surface area contributed by atoms with Crippen LogP contribution in [-0.2, 0) is 33.8 Å². The highest BCUT2D eigenvalue weighted by Gasteiger charge is 2.32. The number of carbonyl (C=O) groups is 1. The summed E-state index contributed by atoms with van der Waals surface area (Å²) in [5.74, 6) is 0.732. The van der Waals surface area contributed by atoms with Crippen LogP contribution in [-0.4, -0.2) is 67.4 Å². The summed E-state index contributed by atoms with van der Waals surface area (Å²) in [6.07, 6.45) is 0.188. The zero-order valence-corrected chi connectivity index (χ0v) is 20.5. The average molecular weight is 490 g/mol. The predicted molar refractivity (Wildman–Crippen MR) is 137 cm³/mol. The van der Waals surface area contributed by atoms with Crippen molar-refractivity contribution in [2.24, 2.45) is 0 Å². The number of fused-ring (bicyclic) bond motifs is 1. The summed E-state index contributed by atoms with van der Waals surface area (Å²) in [5, 5.41) is 0. The molecule has 0 spiro atoms. The number of hydrogen-bond acceptors (Lipinski definition) is 8. The SMILES string of the molecule is COCCOc1nc(N)c2c(n1)N(Cc1ccc(-c3cccc(CN4CCOCC4)c3)cc1)C(=O)C2. The summed E-state index contributed by atoms with van der Waals surface area (Å²) in [7, 11) is 1.59. The molecule has 0 radical (unpaired) electrons. The van der Waals surface area contributed by atoms with Crippen LogP contribution in [0.3, 0.4) is 0 Å². The quantitative estimate of drug-likeness (QED) is 0.458. The number of nitrogen functional groups attached to an aromatic ring is 1. The molecule has 36 heavy (non-hydrogen) atoms. The molecular formula is C27H31N5O4. The maximum Gasteiger partial charge on any atom is 0.320 e. The standard InChI is InChI=1S/C27H31N5O4/c1-34-13-14-36-27-29-25(28)23-16-24(33)32(26(23)30-27)18-19-5-7-21(8-6-19)22-4-2-3-20(15-22)17-31-9-11-35-12-10-31/h2-8,15H,9-14,16-18H2,1H3,(H2,28,29,30). The fourth-order valence-corrected chi connectivity index (χ4v) is 4.52. The highest BCUT2D eigenvalue weighted by Crippen LogP contribution is 2.33. The third-order valence-corrected chi connectivity index (χ3v) is 6.46. The number of nitrogens with zero attached hydrogens (tertiary/aromatic N) is 4. The lowest BCUT2D eigenvalue weighted by molar-refractivity contribution is -0.117. The lowest BCUT2D eigenvalue weighted by atomic mass is 10.0. The van der Waals surface area contributed by atoms with Crippen molar-refractivity contribution in [3.05, 3.63) is 65.2 Å². The van der Waals surface area contributed by atoms with Crippen LogP contribution in [0.5, 0.6) is 6.01 Å². The summed E-state index contributed by atoms with van der Waals surface area (Å²) in [6.45, 7) is 5.56. The molecule has 1 saturated heterocycles. The molecule has 9 nitrogen and oxygen atoms in total. The molecule has 2 aliphatic rings. The molecule has 0 atom stereocenters. The van der Waals surface area contributed by atoms with Crippen LogP contribution in [0, 0.1) is 0 Å². The molecule has 0 aliphatic carbocycles. The number of methoxy groups -OCH3 is 1. The number of anilines is 2. The van der Waals surface area contributed by atoms with E-state index < -0.39 is 0 Å². The lowest BCUT2D eigenvalue weighted by Gasteiger charge is -2.26. The minimum absolute atomic E-state index is 0.0556. The predicted octanol–water partition coefficient (Wildman–Crippen LogP) is 2.67. The van der Waals surface area contributed by atoms with E-state index in [0.29, 0.717) is 31.1 Å². The molecular weight excluding hydrogens is 458 g/mol. The second-order valence-electron chi connectivity index (χ2n) is 8.98. The van der Waals surface area contributed by atoms with Crippen LogP contribution in [0.2, 0.25) is 0 Å². The zero-order chi connectivity index (χ0) is 24.9. The number of aromatic nitrogens is 2. The number of nitrogens with two attached hydrogens (primary N) is 1. The van der Waals surface area contributed by atoms with Crippen molar-refractivity contribution >= 4 is 17.5 Å². The highest BCUT2D eigenvalue weighted by atomic mass is 16.5. The molecule has 2 N–H and O–H groups in total.